The van der Waals surface area contributed by atoms with Crippen molar-refractivity contribution in [2.24, 2.45) is 0 Å². The van der Waals surface area contributed by atoms with E-state index < -0.39 is 11.6 Å². The lowest BCUT2D eigenvalue weighted by Gasteiger charge is -2.14. The molecule has 0 radical (unpaired) electrons. The Bertz CT molecular complexity index is 1050. The summed E-state index contributed by atoms with van der Waals surface area (Å²) < 4.78 is 32.4. The van der Waals surface area contributed by atoms with E-state index in [0.717, 1.165) is 18.2 Å². The zero-order valence-corrected chi connectivity index (χ0v) is 14.5. The number of aromatic nitrogens is 2. The molecule has 0 aliphatic rings. The molecule has 4 N–H and O–H groups in total. The summed E-state index contributed by atoms with van der Waals surface area (Å²) in [6, 6.07) is 9.62. The summed E-state index contributed by atoms with van der Waals surface area (Å²) in [5, 5.41) is 9.73. The van der Waals surface area contributed by atoms with Crippen LogP contribution in [0.1, 0.15) is 11.1 Å². The lowest BCUT2D eigenvalue weighted by Crippen LogP contribution is -2.06. The van der Waals surface area contributed by atoms with Crippen LogP contribution in [-0.2, 0) is 6.61 Å². The molecule has 2 aromatic carbocycles. The van der Waals surface area contributed by atoms with E-state index in [1.807, 2.05) is 6.07 Å². The lowest BCUT2D eigenvalue weighted by atomic mass is 10.1. The molecule has 136 valence electrons. The second kappa shape index (κ2) is 7.43. The van der Waals surface area contributed by atoms with E-state index in [1.54, 1.807) is 12.1 Å². The monoisotopic (exact) mass is 387 g/mol. The molecule has 3 rings (SSSR count). The van der Waals surface area contributed by atoms with Crippen LogP contribution in [0.4, 0.5) is 20.5 Å². The molecule has 0 fully saturated rings. The van der Waals surface area contributed by atoms with E-state index >= 15 is 0 Å². The summed E-state index contributed by atoms with van der Waals surface area (Å²) in [5.41, 5.74) is 12.2. The van der Waals surface area contributed by atoms with Crippen molar-refractivity contribution in [3.8, 4) is 23.1 Å². The van der Waals surface area contributed by atoms with Crippen LogP contribution in [0.2, 0.25) is 5.02 Å². The molecule has 6 nitrogen and oxygen atoms in total. The predicted molar refractivity (Wildman–Crippen MR) is 96.7 cm³/mol. The second-order valence-corrected chi connectivity index (χ2v) is 5.95. The lowest BCUT2D eigenvalue weighted by molar-refractivity contribution is 0.306. The van der Waals surface area contributed by atoms with E-state index in [-0.39, 0.29) is 40.9 Å². The van der Waals surface area contributed by atoms with Gasteiger partial charge in [0.2, 0.25) is 5.95 Å². The highest BCUT2D eigenvalue weighted by Gasteiger charge is 2.18. The zero-order chi connectivity index (χ0) is 19.6. The van der Waals surface area contributed by atoms with Crippen molar-refractivity contribution < 1.29 is 13.5 Å². The van der Waals surface area contributed by atoms with Crippen LogP contribution in [0.25, 0.3) is 11.3 Å². The Hall–Kier alpha value is -3.44. The molecule has 0 aliphatic heterocycles. The highest BCUT2D eigenvalue weighted by Crippen LogP contribution is 2.35. The van der Waals surface area contributed by atoms with Crippen molar-refractivity contribution in [1.29, 1.82) is 5.26 Å². The summed E-state index contributed by atoms with van der Waals surface area (Å²) in [7, 11) is 0. The molecule has 27 heavy (non-hydrogen) atoms. The minimum atomic E-state index is -0.715. The fourth-order valence-electron chi connectivity index (χ4n) is 2.47. The quantitative estimate of drug-likeness (QED) is 0.706. The van der Waals surface area contributed by atoms with Crippen LogP contribution in [0, 0.1) is 23.0 Å². The Labute approximate surface area is 158 Å². The second-order valence-electron chi connectivity index (χ2n) is 5.51. The van der Waals surface area contributed by atoms with Gasteiger partial charge >= 0.3 is 0 Å². The maximum Gasteiger partial charge on any atom is 0.222 e. The van der Waals surface area contributed by atoms with Gasteiger partial charge < -0.3 is 16.2 Å². The van der Waals surface area contributed by atoms with Crippen molar-refractivity contribution in [2.75, 3.05) is 11.5 Å². The molecule has 0 saturated heterocycles. The number of nitrogen functional groups attached to an aromatic ring is 2. The van der Waals surface area contributed by atoms with Crippen LogP contribution >= 0.6 is 11.6 Å². The number of anilines is 2. The maximum absolute atomic E-state index is 13.3. The Morgan fingerprint density at radius 2 is 1.78 bits per heavy atom. The van der Waals surface area contributed by atoms with Crippen LogP contribution < -0.4 is 16.2 Å². The van der Waals surface area contributed by atoms with Crippen molar-refractivity contribution in [1.82, 2.24) is 9.97 Å². The number of benzene rings is 2. The molecule has 1 aromatic heterocycles. The van der Waals surface area contributed by atoms with Gasteiger partial charge in [-0.2, -0.15) is 10.2 Å². The van der Waals surface area contributed by atoms with Crippen LogP contribution in [0.5, 0.6) is 5.75 Å². The molecule has 0 aliphatic carbocycles. The molecular weight excluding hydrogens is 376 g/mol. The number of rotatable bonds is 4. The van der Waals surface area contributed by atoms with Gasteiger partial charge in [-0.25, -0.2) is 13.8 Å². The minimum absolute atomic E-state index is 0.00752. The van der Waals surface area contributed by atoms with Gasteiger partial charge in [0, 0.05) is 16.7 Å². The summed E-state index contributed by atoms with van der Waals surface area (Å²) in [5.74, 6) is -1.36. The first-order chi connectivity index (χ1) is 12.9. The van der Waals surface area contributed by atoms with Gasteiger partial charge in [-0.15, -0.1) is 0 Å². The third-order valence-corrected chi connectivity index (χ3v) is 3.81. The fourth-order valence-corrected chi connectivity index (χ4v) is 2.64. The van der Waals surface area contributed by atoms with Gasteiger partial charge in [-0.3, -0.25) is 0 Å². The standard InChI is InChI=1S/C18H12ClF2N5O/c19-10-1-2-15(27-8-9-3-11(20)6-12(21)4-9)13(5-10)16-14(7-22)17(23)26-18(24)25-16/h1-6H,8H2,(H4,23,24,25,26). The topological polar surface area (TPSA) is 111 Å². The number of nitrogens with zero attached hydrogens (tertiary/aromatic N) is 3. The van der Waals surface area contributed by atoms with Gasteiger partial charge in [0.1, 0.15) is 41.4 Å². The number of hydrogen-bond donors (Lipinski definition) is 2. The Morgan fingerprint density at radius 3 is 2.44 bits per heavy atom. The minimum Gasteiger partial charge on any atom is -0.488 e. The Kier molecular flexibility index (Phi) is 5.05. The molecule has 0 unspecified atom stereocenters. The summed E-state index contributed by atoms with van der Waals surface area (Å²) in [6.45, 7) is -0.124. The first-order valence-electron chi connectivity index (χ1n) is 7.58. The van der Waals surface area contributed by atoms with Crippen LogP contribution in [0.3, 0.4) is 0 Å². The molecule has 9 heteroatoms. The average molecular weight is 388 g/mol. The number of nitrogens with two attached hydrogens (primary N) is 2. The van der Waals surface area contributed by atoms with Crippen molar-refractivity contribution >= 4 is 23.4 Å². The average Bonchev–Trinajstić information content (AvgIpc) is 2.59. The maximum atomic E-state index is 13.3. The van der Waals surface area contributed by atoms with E-state index in [9.17, 15) is 14.0 Å². The van der Waals surface area contributed by atoms with E-state index in [0.29, 0.717) is 10.6 Å². The van der Waals surface area contributed by atoms with Gasteiger partial charge in [0.25, 0.3) is 0 Å². The normalized spacial score (nSPS) is 10.4. The first-order valence-corrected chi connectivity index (χ1v) is 7.96. The molecule has 0 bridgehead atoms. The molecule has 1 heterocycles. The van der Waals surface area contributed by atoms with Crippen molar-refractivity contribution in [3.63, 3.8) is 0 Å². The SMILES string of the molecule is N#Cc1c(N)nc(N)nc1-c1cc(Cl)ccc1OCc1cc(F)cc(F)c1. The Balaban J connectivity index is 2.03. The third-order valence-electron chi connectivity index (χ3n) is 3.58. The van der Waals surface area contributed by atoms with Gasteiger partial charge in [0.15, 0.2) is 0 Å². The molecule has 0 spiro atoms. The van der Waals surface area contributed by atoms with E-state index in [1.165, 1.54) is 6.07 Å². The highest BCUT2D eigenvalue weighted by atomic mass is 35.5. The molecular formula is C18H12ClF2N5O. The smallest absolute Gasteiger partial charge is 0.222 e. The van der Waals surface area contributed by atoms with Gasteiger partial charge in [0.05, 0.1) is 5.69 Å². The van der Waals surface area contributed by atoms with Gasteiger partial charge in [-0.05, 0) is 35.9 Å². The molecule has 0 amide bonds. The number of halogens is 3. The van der Waals surface area contributed by atoms with Crippen molar-refractivity contribution in [3.05, 3.63) is 64.2 Å². The van der Waals surface area contributed by atoms with Crippen LogP contribution in [-0.4, -0.2) is 9.97 Å². The number of nitriles is 1. The summed E-state index contributed by atoms with van der Waals surface area (Å²) in [6.07, 6.45) is 0. The Morgan fingerprint density at radius 1 is 1.07 bits per heavy atom. The summed E-state index contributed by atoms with van der Waals surface area (Å²) >= 11 is 6.06. The van der Waals surface area contributed by atoms with Gasteiger partial charge in [-0.1, -0.05) is 11.6 Å². The number of ether oxygens (including phenoxy) is 1. The summed E-state index contributed by atoms with van der Waals surface area (Å²) in [4.78, 5) is 7.83. The fraction of sp³-hybridized carbons (Fsp3) is 0.0556. The largest absolute Gasteiger partial charge is 0.488 e. The first kappa shape index (κ1) is 18.4. The van der Waals surface area contributed by atoms with E-state index in [4.69, 9.17) is 27.8 Å². The third kappa shape index (κ3) is 4.04. The van der Waals surface area contributed by atoms with E-state index in [2.05, 4.69) is 9.97 Å². The van der Waals surface area contributed by atoms with Crippen LogP contribution in [0.15, 0.2) is 36.4 Å². The highest BCUT2D eigenvalue weighted by molar-refractivity contribution is 6.31. The van der Waals surface area contributed by atoms with Crippen molar-refractivity contribution in [2.45, 2.75) is 6.61 Å². The molecule has 0 saturated carbocycles. The predicted octanol–water partition coefficient (Wildman–Crippen LogP) is 3.69. The zero-order valence-electron chi connectivity index (χ0n) is 13.7. The molecule has 0 atom stereocenters. The number of hydrogen-bond acceptors (Lipinski definition) is 6. The molecule has 3 aromatic rings.